The van der Waals surface area contributed by atoms with E-state index in [4.69, 9.17) is 14.2 Å². The zero-order valence-electron chi connectivity index (χ0n) is 15.3. The number of thioether (sulfide) groups is 1. The SMILES string of the molecule is COc1cc(/C=C\C(=O)NCCSC(C)(C)C)cc(OC)c1OC. The molecule has 1 amide bonds. The first-order valence-corrected chi connectivity index (χ1v) is 8.69. The average molecular weight is 353 g/mol. The normalized spacial score (nSPS) is 11.4. The molecule has 0 aliphatic carbocycles. The number of carbonyl (C=O) groups excluding carboxylic acids is 1. The van der Waals surface area contributed by atoms with E-state index >= 15 is 0 Å². The average Bonchev–Trinajstić information content (AvgIpc) is 2.54. The van der Waals surface area contributed by atoms with Crippen molar-refractivity contribution in [3.8, 4) is 17.2 Å². The molecule has 5 nitrogen and oxygen atoms in total. The predicted octanol–water partition coefficient (Wildman–Crippen LogP) is 3.37. The van der Waals surface area contributed by atoms with Gasteiger partial charge in [-0.1, -0.05) is 20.8 Å². The summed E-state index contributed by atoms with van der Waals surface area (Å²) in [5, 5.41) is 2.87. The Kier molecular flexibility index (Phi) is 7.98. The summed E-state index contributed by atoms with van der Waals surface area (Å²) < 4.78 is 16.1. The van der Waals surface area contributed by atoms with Crippen molar-refractivity contribution in [1.29, 1.82) is 0 Å². The molecule has 134 valence electrons. The van der Waals surface area contributed by atoms with Crippen LogP contribution in [0, 0.1) is 0 Å². The Labute approximate surface area is 148 Å². The fourth-order valence-electron chi connectivity index (χ4n) is 1.96. The van der Waals surface area contributed by atoms with Crippen LogP contribution >= 0.6 is 11.8 Å². The fraction of sp³-hybridized carbons (Fsp3) is 0.500. The van der Waals surface area contributed by atoms with Crippen LogP contribution in [0.25, 0.3) is 6.08 Å². The molecule has 0 atom stereocenters. The number of hydrogen-bond donors (Lipinski definition) is 1. The molecule has 0 bridgehead atoms. The monoisotopic (exact) mass is 353 g/mol. The molecule has 0 fully saturated rings. The second kappa shape index (κ2) is 9.47. The van der Waals surface area contributed by atoms with E-state index in [1.807, 2.05) is 11.8 Å². The first-order valence-electron chi connectivity index (χ1n) is 7.70. The number of carbonyl (C=O) groups is 1. The van der Waals surface area contributed by atoms with Gasteiger partial charge in [-0.05, 0) is 23.8 Å². The Morgan fingerprint density at radius 3 is 2.17 bits per heavy atom. The van der Waals surface area contributed by atoms with E-state index in [0.717, 1.165) is 11.3 Å². The van der Waals surface area contributed by atoms with Crippen LogP contribution in [-0.4, -0.2) is 44.3 Å². The molecular weight excluding hydrogens is 326 g/mol. The predicted molar refractivity (Wildman–Crippen MR) is 100 cm³/mol. The third-order valence-electron chi connectivity index (χ3n) is 3.05. The van der Waals surface area contributed by atoms with Gasteiger partial charge in [-0.25, -0.2) is 0 Å². The van der Waals surface area contributed by atoms with Gasteiger partial charge in [0.1, 0.15) is 0 Å². The third kappa shape index (κ3) is 6.74. The lowest BCUT2D eigenvalue weighted by Gasteiger charge is -2.17. The quantitative estimate of drug-likeness (QED) is 0.574. The molecule has 0 saturated carbocycles. The van der Waals surface area contributed by atoms with Crippen LogP contribution in [-0.2, 0) is 4.79 Å². The van der Waals surface area contributed by atoms with E-state index in [9.17, 15) is 4.79 Å². The Morgan fingerprint density at radius 1 is 1.12 bits per heavy atom. The van der Waals surface area contributed by atoms with Crippen LogP contribution < -0.4 is 19.5 Å². The standard InChI is InChI=1S/C18H27NO4S/c1-18(2,3)24-10-9-19-16(20)8-7-13-11-14(21-4)17(23-6)15(12-13)22-5/h7-8,11-12H,9-10H2,1-6H3,(H,19,20)/b8-7-. The summed E-state index contributed by atoms with van der Waals surface area (Å²) in [6.07, 6.45) is 3.22. The molecule has 1 aromatic rings. The maximum atomic E-state index is 11.9. The van der Waals surface area contributed by atoms with Crippen LogP contribution in [0.2, 0.25) is 0 Å². The lowest BCUT2D eigenvalue weighted by atomic mass is 10.1. The summed E-state index contributed by atoms with van der Waals surface area (Å²) in [4.78, 5) is 11.9. The van der Waals surface area contributed by atoms with Gasteiger partial charge < -0.3 is 19.5 Å². The van der Waals surface area contributed by atoms with Gasteiger partial charge in [0.2, 0.25) is 11.7 Å². The van der Waals surface area contributed by atoms with E-state index in [-0.39, 0.29) is 10.7 Å². The number of rotatable bonds is 8. The maximum Gasteiger partial charge on any atom is 0.244 e. The number of amides is 1. The molecule has 0 spiro atoms. The van der Waals surface area contributed by atoms with Crippen LogP contribution in [0.1, 0.15) is 26.3 Å². The highest BCUT2D eigenvalue weighted by atomic mass is 32.2. The minimum Gasteiger partial charge on any atom is -0.493 e. The molecule has 6 heteroatoms. The van der Waals surface area contributed by atoms with E-state index < -0.39 is 0 Å². The van der Waals surface area contributed by atoms with Gasteiger partial charge in [0.25, 0.3) is 0 Å². The molecule has 0 aliphatic rings. The van der Waals surface area contributed by atoms with Crippen molar-refractivity contribution in [3.05, 3.63) is 23.8 Å². The van der Waals surface area contributed by atoms with Gasteiger partial charge in [-0.2, -0.15) is 11.8 Å². The zero-order chi connectivity index (χ0) is 18.2. The number of ether oxygens (including phenoxy) is 3. The van der Waals surface area contributed by atoms with Crippen LogP contribution in [0.3, 0.4) is 0 Å². The molecule has 1 N–H and O–H groups in total. The summed E-state index contributed by atoms with van der Waals surface area (Å²) in [6.45, 7) is 7.11. The second-order valence-corrected chi connectivity index (χ2v) is 7.97. The highest BCUT2D eigenvalue weighted by Crippen LogP contribution is 2.38. The summed E-state index contributed by atoms with van der Waals surface area (Å²) in [6, 6.07) is 3.58. The van der Waals surface area contributed by atoms with Crippen molar-refractivity contribution in [3.63, 3.8) is 0 Å². The highest BCUT2D eigenvalue weighted by Gasteiger charge is 2.12. The van der Waals surface area contributed by atoms with Crippen LogP contribution in [0.15, 0.2) is 18.2 Å². The third-order valence-corrected chi connectivity index (χ3v) is 4.32. The smallest absolute Gasteiger partial charge is 0.244 e. The molecule has 0 radical (unpaired) electrons. The van der Waals surface area contributed by atoms with Gasteiger partial charge in [-0.3, -0.25) is 4.79 Å². The van der Waals surface area contributed by atoms with Crippen molar-refractivity contribution in [1.82, 2.24) is 5.32 Å². The summed E-state index contributed by atoms with van der Waals surface area (Å²) in [5.41, 5.74) is 0.795. The number of methoxy groups -OCH3 is 3. The number of nitrogens with one attached hydrogen (secondary N) is 1. The Bertz CT molecular complexity index is 554. The van der Waals surface area contributed by atoms with Gasteiger partial charge in [0.15, 0.2) is 11.5 Å². The minimum atomic E-state index is -0.127. The molecular formula is C18H27NO4S. The zero-order valence-corrected chi connectivity index (χ0v) is 16.1. The Hall–Kier alpha value is -1.82. The Morgan fingerprint density at radius 2 is 1.71 bits per heavy atom. The van der Waals surface area contributed by atoms with Crippen molar-refractivity contribution in [2.24, 2.45) is 0 Å². The first kappa shape index (κ1) is 20.2. The number of benzene rings is 1. The largest absolute Gasteiger partial charge is 0.493 e. The molecule has 1 rings (SSSR count). The molecule has 0 unspecified atom stereocenters. The molecule has 0 saturated heterocycles. The highest BCUT2D eigenvalue weighted by molar-refractivity contribution is 8.00. The molecule has 0 heterocycles. The second-order valence-electron chi connectivity index (χ2n) is 6.04. The van der Waals surface area contributed by atoms with Crippen molar-refractivity contribution in [2.45, 2.75) is 25.5 Å². The fourth-order valence-corrected chi connectivity index (χ4v) is 2.78. The Balaban J connectivity index is 2.68. The van der Waals surface area contributed by atoms with E-state index in [1.54, 1.807) is 39.5 Å². The van der Waals surface area contributed by atoms with Crippen LogP contribution in [0.5, 0.6) is 17.2 Å². The van der Waals surface area contributed by atoms with Crippen molar-refractivity contribution in [2.75, 3.05) is 33.6 Å². The summed E-state index contributed by atoms with van der Waals surface area (Å²) in [5.74, 6) is 2.39. The molecule has 1 aromatic carbocycles. The van der Waals surface area contributed by atoms with E-state index in [2.05, 4.69) is 26.1 Å². The molecule has 24 heavy (non-hydrogen) atoms. The molecule has 0 aliphatic heterocycles. The van der Waals surface area contributed by atoms with Gasteiger partial charge in [0.05, 0.1) is 21.3 Å². The summed E-state index contributed by atoms with van der Waals surface area (Å²) in [7, 11) is 4.67. The first-order chi connectivity index (χ1) is 11.3. The summed E-state index contributed by atoms with van der Waals surface area (Å²) >= 11 is 1.82. The van der Waals surface area contributed by atoms with Crippen molar-refractivity contribution < 1.29 is 19.0 Å². The lowest BCUT2D eigenvalue weighted by molar-refractivity contribution is -0.116. The van der Waals surface area contributed by atoms with Crippen LogP contribution in [0.4, 0.5) is 0 Å². The van der Waals surface area contributed by atoms with Crippen molar-refractivity contribution >= 4 is 23.7 Å². The topological polar surface area (TPSA) is 56.8 Å². The minimum absolute atomic E-state index is 0.127. The lowest BCUT2D eigenvalue weighted by Crippen LogP contribution is -2.25. The van der Waals surface area contributed by atoms with Gasteiger partial charge >= 0.3 is 0 Å². The van der Waals surface area contributed by atoms with E-state index in [1.165, 1.54) is 6.08 Å². The van der Waals surface area contributed by atoms with E-state index in [0.29, 0.717) is 23.8 Å². The molecule has 0 aromatic heterocycles. The van der Waals surface area contributed by atoms with Gasteiger partial charge in [0, 0.05) is 23.1 Å². The maximum absolute atomic E-state index is 11.9. The number of hydrogen-bond acceptors (Lipinski definition) is 5. The van der Waals surface area contributed by atoms with Gasteiger partial charge in [-0.15, -0.1) is 0 Å².